The Morgan fingerprint density at radius 1 is 1.00 bits per heavy atom. The molecule has 21 heavy (non-hydrogen) atoms. The van der Waals surface area contributed by atoms with Crippen LogP contribution in [0.5, 0.6) is 0 Å². The highest BCUT2D eigenvalue weighted by atomic mass is 32.1. The van der Waals surface area contributed by atoms with Crippen molar-refractivity contribution in [1.82, 2.24) is 15.3 Å². The lowest BCUT2D eigenvalue weighted by Crippen LogP contribution is -2.06. The minimum absolute atomic E-state index is 0.756. The maximum Gasteiger partial charge on any atom is 0.142 e. The van der Waals surface area contributed by atoms with Crippen LogP contribution < -0.4 is 5.32 Å². The SMILES string of the molecule is CNCc1nc(-c2cccc(C)n2)sc1-c1ccccc1. The summed E-state index contributed by atoms with van der Waals surface area (Å²) in [5.74, 6) is 0. The van der Waals surface area contributed by atoms with E-state index in [0.717, 1.165) is 28.6 Å². The van der Waals surface area contributed by atoms with E-state index in [2.05, 4.69) is 34.6 Å². The Kier molecular flexibility index (Phi) is 4.08. The van der Waals surface area contributed by atoms with Gasteiger partial charge in [-0.05, 0) is 31.7 Å². The van der Waals surface area contributed by atoms with E-state index >= 15 is 0 Å². The van der Waals surface area contributed by atoms with Crippen molar-refractivity contribution in [3.63, 3.8) is 0 Å². The number of aromatic nitrogens is 2. The Labute approximate surface area is 128 Å². The van der Waals surface area contributed by atoms with Crippen molar-refractivity contribution < 1.29 is 0 Å². The maximum atomic E-state index is 4.78. The van der Waals surface area contributed by atoms with Gasteiger partial charge in [-0.3, -0.25) is 4.98 Å². The molecular formula is C17H17N3S. The van der Waals surface area contributed by atoms with Gasteiger partial charge in [0.05, 0.1) is 16.3 Å². The van der Waals surface area contributed by atoms with Crippen molar-refractivity contribution in [3.8, 4) is 21.1 Å². The van der Waals surface area contributed by atoms with E-state index in [1.807, 2.05) is 38.2 Å². The Bertz CT molecular complexity index is 735. The molecule has 0 atom stereocenters. The zero-order valence-corrected chi connectivity index (χ0v) is 12.9. The van der Waals surface area contributed by atoms with E-state index in [0.29, 0.717) is 0 Å². The second-order valence-electron chi connectivity index (χ2n) is 4.86. The maximum absolute atomic E-state index is 4.78. The fourth-order valence-corrected chi connectivity index (χ4v) is 3.28. The van der Waals surface area contributed by atoms with Crippen LogP contribution >= 0.6 is 11.3 Å². The summed E-state index contributed by atoms with van der Waals surface area (Å²) in [4.78, 5) is 10.6. The molecular weight excluding hydrogens is 278 g/mol. The van der Waals surface area contributed by atoms with Crippen molar-refractivity contribution in [1.29, 1.82) is 0 Å². The van der Waals surface area contributed by atoms with Crippen molar-refractivity contribution in [2.75, 3.05) is 7.05 Å². The highest BCUT2D eigenvalue weighted by Crippen LogP contribution is 2.34. The molecule has 2 aromatic heterocycles. The molecule has 0 radical (unpaired) electrons. The lowest BCUT2D eigenvalue weighted by Gasteiger charge is -2.00. The van der Waals surface area contributed by atoms with Gasteiger partial charge in [-0.1, -0.05) is 36.4 Å². The Balaban J connectivity index is 2.08. The lowest BCUT2D eigenvalue weighted by atomic mass is 10.1. The predicted octanol–water partition coefficient (Wildman–Crippen LogP) is 3.90. The first-order valence-corrected chi connectivity index (χ1v) is 7.73. The number of pyridine rings is 1. The van der Waals surface area contributed by atoms with Gasteiger partial charge in [-0.25, -0.2) is 4.98 Å². The van der Waals surface area contributed by atoms with Crippen LogP contribution in [0, 0.1) is 6.92 Å². The topological polar surface area (TPSA) is 37.8 Å². The van der Waals surface area contributed by atoms with Crippen molar-refractivity contribution >= 4 is 11.3 Å². The first kappa shape index (κ1) is 13.9. The molecule has 3 rings (SSSR count). The first-order chi connectivity index (χ1) is 10.3. The second kappa shape index (κ2) is 6.16. The first-order valence-electron chi connectivity index (χ1n) is 6.91. The zero-order valence-electron chi connectivity index (χ0n) is 12.1. The van der Waals surface area contributed by atoms with E-state index in [-0.39, 0.29) is 0 Å². The third-order valence-corrected chi connectivity index (χ3v) is 4.35. The average Bonchev–Trinajstić information content (AvgIpc) is 2.93. The van der Waals surface area contributed by atoms with Crippen LogP contribution in [0.1, 0.15) is 11.4 Å². The van der Waals surface area contributed by atoms with Gasteiger partial charge in [0.2, 0.25) is 0 Å². The molecule has 3 aromatic rings. The van der Waals surface area contributed by atoms with Crippen molar-refractivity contribution in [2.45, 2.75) is 13.5 Å². The zero-order chi connectivity index (χ0) is 14.7. The molecule has 2 heterocycles. The third kappa shape index (κ3) is 3.01. The van der Waals surface area contributed by atoms with Crippen LogP contribution in [0.4, 0.5) is 0 Å². The van der Waals surface area contributed by atoms with Crippen LogP contribution in [0.2, 0.25) is 0 Å². The molecule has 0 saturated carbocycles. The molecule has 0 fully saturated rings. The van der Waals surface area contributed by atoms with Crippen LogP contribution in [-0.2, 0) is 6.54 Å². The largest absolute Gasteiger partial charge is 0.314 e. The van der Waals surface area contributed by atoms with E-state index in [9.17, 15) is 0 Å². The minimum Gasteiger partial charge on any atom is -0.314 e. The van der Waals surface area contributed by atoms with Crippen LogP contribution in [0.25, 0.3) is 21.1 Å². The summed E-state index contributed by atoms with van der Waals surface area (Å²) < 4.78 is 0. The molecule has 0 spiro atoms. The summed E-state index contributed by atoms with van der Waals surface area (Å²) in [6.07, 6.45) is 0. The van der Waals surface area contributed by atoms with Crippen molar-refractivity contribution in [3.05, 3.63) is 59.9 Å². The Hall–Kier alpha value is -2.04. The molecule has 1 N–H and O–H groups in total. The van der Waals surface area contributed by atoms with Gasteiger partial charge in [0.25, 0.3) is 0 Å². The number of nitrogens with zero attached hydrogens (tertiary/aromatic N) is 2. The highest BCUT2D eigenvalue weighted by Gasteiger charge is 2.14. The van der Waals surface area contributed by atoms with E-state index in [1.165, 1.54) is 10.4 Å². The van der Waals surface area contributed by atoms with Gasteiger partial charge >= 0.3 is 0 Å². The summed E-state index contributed by atoms with van der Waals surface area (Å²) in [6, 6.07) is 16.4. The number of rotatable bonds is 4. The second-order valence-corrected chi connectivity index (χ2v) is 5.85. The predicted molar refractivity (Wildman–Crippen MR) is 88.3 cm³/mol. The minimum atomic E-state index is 0.756. The Morgan fingerprint density at radius 3 is 2.52 bits per heavy atom. The summed E-state index contributed by atoms with van der Waals surface area (Å²) in [5, 5.41) is 4.17. The average molecular weight is 295 g/mol. The van der Waals surface area contributed by atoms with Gasteiger partial charge < -0.3 is 5.32 Å². The monoisotopic (exact) mass is 295 g/mol. The molecule has 0 amide bonds. The number of thiazole rings is 1. The number of aryl methyl sites for hydroxylation is 1. The number of nitrogens with one attached hydrogen (secondary N) is 1. The van der Waals surface area contributed by atoms with Gasteiger partial charge in [0.1, 0.15) is 5.01 Å². The molecule has 3 nitrogen and oxygen atoms in total. The Morgan fingerprint density at radius 2 is 1.81 bits per heavy atom. The molecule has 0 bridgehead atoms. The number of hydrogen-bond donors (Lipinski definition) is 1. The van der Waals surface area contributed by atoms with E-state index < -0.39 is 0 Å². The highest BCUT2D eigenvalue weighted by molar-refractivity contribution is 7.18. The van der Waals surface area contributed by atoms with Crippen LogP contribution in [0.3, 0.4) is 0 Å². The van der Waals surface area contributed by atoms with Crippen LogP contribution in [0.15, 0.2) is 48.5 Å². The summed E-state index contributed by atoms with van der Waals surface area (Å²) in [6.45, 7) is 2.76. The summed E-state index contributed by atoms with van der Waals surface area (Å²) in [5.41, 5.74) is 4.24. The summed E-state index contributed by atoms with van der Waals surface area (Å²) in [7, 11) is 1.94. The van der Waals surface area contributed by atoms with Crippen molar-refractivity contribution in [2.24, 2.45) is 0 Å². The molecule has 0 unspecified atom stereocenters. The molecule has 0 aliphatic heterocycles. The smallest absolute Gasteiger partial charge is 0.142 e. The van der Waals surface area contributed by atoms with E-state index in [1.54, 1.807) is 11.3 Å². The molecule has 0 saturated heterocycles. The summed E-state index contributed by atoms with van der Waals surface area (Å²) >= 11 is 1.70. The standard InChI is InChI=1S/C17H17N3S/c1-12-7-6-10-14(19-12)17-20-15(11-18-2)16(21-17)13-8-4-3-5-9-13/h3-10,18H,11H2,1-2H3. The van der Waals surface area contributed by atoms with Gasteiger partial charge in [-0.2, -0.15) is 0 Å². The normalized spacial score (nSPS) is 10.8. The molecule has 1 aromatic carbocycles. The van der Waals surface area contributed by atoms with Gasteiger partial charge in [0, 0.05) is 12.2 Å². The van der Waals surface area contributed by atoms with E-state index in [4.69, 9.17) is 4.98 Å². The fourth-order valence-electron chi connectivity index (χ4n) is 2.23. The van der Waals surface area contributed by atoms with Gasteiger partial charge in [0.15, 0.2) is 0 Å². The van der Waals surface area contributed by atoms with Gasteiger partial charge in [-0.15, -0.1) is 11.3 Å². The fraction of sp³-hybridized carbons (Fsp3) is 0.176. The molecule has 0 aliphatic rings. The molecule has 106 valence electrons. The molecule has 4 heteroatoms. The third-order valence-electron chi connectivity index (χ3n) is 3.18. The number of hydrogen-bond acceptors (Lipinski definition) is 4. The lowest BCUT2D eigenvalue weighted by molar-refractivity contribution is 0.799. The number of benzene rings is 1. The quantitative estimate of drug-likeness (QED) is 0.793. The van der Waals surface area contributed by atoms with Crippen LogP contribution in [-0.4, -0.2) is 17.0 Å². The molecule has 0 aliphatic carbocycles.